The Morgan fingerprint density at radius 2 is 2.14 bits per heavy atom. The van der Waals surface area contributed by atoms with Crippen LogP contribution in [-0.4, -0.2) is 34.0 Å². The van der Waals surface area contributed by atoms with Crippen molar-refractivity contribution in [3.05, 3.63) is 48.5 Å². The van der Waals surface area contributed by atoms with Crippen LogP contribution in [-0.2, 0) is 16.2 Å². The number of alkyl halides is 3. The second kappa shape index (κ2) is 6.44. The van der Waals surface area contributed by atoms with Crippen LogP contribution in [0.15, 0.2) is 52.3 Å². The van der Waals surface area contributed by atoms with Gasteiger partial charge in [0.25, 0.3) is 0 Å². The Hall–Kier alpha value is -3.15. The number of nitrogens with zero attached hydrogens (tertiary/aromatic N) is 4. The molecule has 0 saturated heterocycles. The number of aliphatic imine (C=N–C) groups is 1. The van der Waals surface area contributed by atoms with E-state index in [4.69, 9.17) is 4.42 Å². The molecule has 0 bridgehead atoms. The number of rotatable bonds is 4. The molecule has 0 aliphatic carbocycles. The van der Waals surface area contributed by atoms with Gasteiger partial charge < -0.3 is 4.42 Å². The van der Waals surface area contributed by atoms with E-state index in [0.717, 1.165) is 4.52 Å². The number of aromatic nitrogens is 3. The number of hydrogen-bond donors (Lipinski definition) is 1. The minimum atomic E-state index is -4.72. The molecular formula is C17H14F3N5O3S. The number of furan rings is 1. The average molecular weight is 425 g/mol. The lowest BCUT2D eigenvalue weighted by Crippen LogP contribution is -2.42. The molecule has 0 saturated carbocycles. The van der Waals surface area contributed by atoms with Gasteiger partial charge in [-0.2, -0.15) is 22.8 Å². The van der Waals surface area contributed by atoms with Gasteiger partial charge in [0, 0.05) is 18.5 Å². The molecule has 8 nitrogen and oxygen atoms in total. The predicted molar refractivity (Wildman–Crippen MR) is 98.9 cm³/mol. The summed E-state index contributed by atoms with van der Waals surface area (Å²) in [6.07, 6.45) is 1.69. The molecule has 0 fully saturated rings. The van der Waals surface area contributed by atoms with Crippen LogP contribution >= 0.6 is 0 Å². The largest absolute Gasteiger partial charge is 0.463 e. The molecule has 4 rings (SSSR count). The summed E-state index contributed by atoms with van der Waals surface area (Å²) in [5.74, 6) is -0.0308. The van der Waals surface area contributed by atoms with Crippen LogP contribution in [0, 0.1) is 0 Å². The first-order valence-electron chi connectivity index (χ1n) is 8.32. The van der Waals surface area contributed by atoms with Crippen molar-refractivity contribution in [1.29, 1.82) is 0 Å². The molecule has 29 heavy (non-hydrogen) atoms. The SMILES string of the molecule is CC1(S(=O)(=O)Nc2cc(-c3ccco3)nc3c(C(F)(F)F)cnn23)C=NC=CC1. The van der Waals surface area contributed by atoms with Gasteiger partial charge in [0.05, 0.1) is 12.5 Å². The number of allylic oxidation sites excluding steroid dienone is 1. The highest BCUT2D eigenvalue weighted by atomic mass is 32.2. The summed E-state index contributed by atoms with van der Waals surface area (Å²) in [6.45, 7) is 1.46. The fourth-order valence-electron chi connectivity index (χ4n) is 2.82. The van der Waals surface area contributed by atoms with Crippen molar-refractivity contribution in [2.24, 2.45) is 4.99 Å². The lowest BCUT2D eigenvalue weighted by molar-refractivity contribution is -0.136. The Bertz CT molecular complexity index is 1230. The molecule has 4 heterocycles. The molecule has 1 atom stereocenters. The van der Waals surface area contributed by atoms with E-state index in [0.29, 0.717) is 6.20 Å². The summed E-state index contributed by atoms with van der Waals surface area (Å²) in [4.78, 5) is 7.85. The van der Waals surface area contributed by atoms with E-state index < -0.39 is 32.2 Å². The summed E-state index contributed by atoms with van der Waals surface area (Å²) in [5.41, 5.74) is -1.63. The van der Waals surface area contributed by atoms with Gasteiger partial charge in [0.1, 0.15) is 21.8 Å². The molecule has 0 amide bonds. The maximum Gasteiger partial charge on any atom is 0.421 e. The van der Waals surface area contributed by atoms with Crippen LogP contribution in [0.3, 0.4) is 0 Å². The molecule has 152 valence electrons. The summed E-state index contributed by atoms with van der Waals surface area (Å²) in [6, 6.07) is 4.30. The molecule has 3 aromatic heterocycles. The van der Waals surface area contributed by atoms with Crippen molar-refractivity contribution in [2.75, 3.05) is 4.72 Å². The zero-order valence-corrected chi connectivity index (χ0v) is 15.7. The topological polar surface area (TPSA) is 102 Å². The number of hydrogen-bond acceptors (Lipinski definition) is 6. The van der Waals surface area contributed by atoms with E-state index in [1.54, 1.807) is 6.08 Å². The van der Waals surface area contributed by atoms with Crippen LogP contribution < -0.4 is 4.72 Å². The highest BCUT2D eigenvalue weighted by Crippen LogP contribution is 2.35. The van der Waals surface area contributed by atoms with Gasteiger partial charge in [-0.3, -0.25) is 9.71 Å². The van der Waals surface area contributed by atoms with E-state index in [9.17, 15) is 21.6 Å². The fourth-order valence-corrected chi connectivity index (χ4v) is 3.99. The minimum Gasteiger partial charge on any atom is -0.463 e. The van der Waals surface area contributed by atoms with Crippen molar-refractivity contribution in [3.8, 4) is 11.5 Å². The third-order valence-corrected chi connectivity index (χ3v) is 6.44. The van der Waals surface area contributed by atoms with E-state index in [-0.39, 0.29) is 23.7 Å². The molecule has 1 aliphatic heterocycles. The lowest BCUT2D eigenvalue weighted by atomic mass is 10.1. The quantitative estimate of drug-likeness (QED) is 0.689. The van der Waals surface area contributed by atoms with E-state index >= 15 is 0 Å². The van der Waals surface area contributed by atoms with Gasteiger partial charge in [0.2, 0.25) is 10.0 Å². The van der Waals surface area contributed by atoms with Gasteiger partial charge in [-0.25, -0.2) is 13.4 Å². The third kappa shape index (κ3) is 3.28. The summed E-state index contributed by atoms with van der Waals surface area (Å²) >= 11 is 0. The van der Waals surface area contributed by atoms with Crippen LogP contribution in [0.4, 0.5) is 19.0 Å². The van der Waals surface area contributed by atoms with Crippen LogP contribution in [0.5, 0.6) is 0 Å². The summed E-state index contributed by atoms with van der Waals surface area (Å²) < 4.78 is 73.0. The molecule has 0 aromatic carbocycles. The average Bonchev–Trinajstić information content (AvgIpc) is 3.31. The van der Waals surface area contributed by atoms with Crippen LogP contribution in [0.2, 0.25) is 0 Å². The standard InChI is InChI=1S/C17H14F3N5O3S/c1-16(5-3-6-21-10-16)29(26,27)24-14-8-12(13-4-2-7-28-13)23-15-11(17(18,19)20)9-22-25(14)15/h2-4,6-10,24H,5H2,1H3. The number of halogens is 3. The smallest absolute Gasteiger partial charge is 0.421 e. The molecule has 3 aromatic rings. The second-order valence-corrected chi connectivity index (χ2v) is 8.72. The number of anilines is 1. The van der Waals surface area contributed by atoms with Crippen molar-refractivity contribution >= 4 is 27.7 Å². The monoisotopic (exact) mass is 425 g/mol. The second-order valence-electron chi connectivity index (χ2n) is 6.58. The third-order valence-electron chi connectivity index (χ3n) is 4.47. The van der Waals surface area contributed by atoms with Crippen molar-refractivity contribution in [2.45, 2.75) is 24.3 Å². The summed E-state index contributed by atoms with van der Waals surface area (Å²) in [5, 5.41) is 3.69. The predicted octanol–water partition coefficient (Wildman–Crippen LogP) is 3.50. The fraction of sp³-hybridized carbons (Fsp3) is 0.235. The van der Waals surface area contributed by atoms with Gasteiger partial charge in [0.15, 0.2) is 11.4 Å². The Morgan fingerprint density at radius 3 is 2.76 bits per heavy atom. The van der Waals surface area contributed by atoms with Gasteiger partial charge in [-0.15, -0.1) is 0 Å². The normalized spacial score (nSPS) is 19.7. The van der Waals surface area contributed by atoms with Crippen LogP contribution in [0.1, 0.15) is 18.9 Å². The van der Waals surface area contributed by atoms with Crippen LogP contribution in [0.25, 0.3) is 17.1 Å². The molecule has 0 spiro atoms. The first kappa shape index (κ1) is 19.2. The Morgan fingerprint density at radius 1 is 1.34 bits per heavy atom. The van der Waals surface area contributed by atoms with Crippen molar-refractivity contribution in [3.63, 3.8) is 0 Å². The lowest BCUT2D eigenvalue weighted by Gasteiger charge is -2.26. The molecule has 1 N–H and O–H groups in total. The highest BCUT2D eigenvalue weighted by molar-refractivity contribution is 7.94. The molecule has 0 radical (unpaired) electrons. The minimum absolute atomic E-state index is 0.0218. The molecule has 1 aliphatic rings. The Kier molecular flexibility index (Phi) is 4.26. The molecular weight excluding hydrogens is 411 g/mol. The molecule has 1 unspecified atom stereocenters. The number of sulfonamides is 1. The maximum atomic E-state index is 13.4. The number of nitrogens with one attached hydrogen (secondary N) is 1. The van der Waals surface area contributed by atoms with Gasteiger partial charge in [-0.1, -0.05) is 6.08 Å². The first-order chi connectivity index (χ1) is 13.6. The van der Waals surface area contributed by atoms with Gasteiger partial charge in [-0.05, 0) is 25.5 Å². The molecule has 12 heteroatoms. The van der Waals surface area contributed by atoms with Crippen molar-refractivity contribution < 1.29 is 26.0 Å². The zero-order valence-electron chi connectivity index (χ0n) is 14.9. The van der Waals surface area contributed by atoms with E-state index in [1.807, 2.05) is 0 Å². The number of fused-ring (bicyclic) bond motifs is 1. The summed E-state index contributed by atoms with van der Waals surface area (Å²) in [7, 11) is -4.09. The zero-order chi connectivity index (χ0) is 20.9. The Balaban J connectivity index is 1.88. The highest BCUT2D eigenvalue weighted by Gasteiger charge is 2.40. The Labute approximate surface area is 162 Å². The van der Waals surface area contributed by atoms with E-state index in [1.165, 1.54) is 43.8 Å². The van der Waals surface area contributed by atoms with Gasteiger partial charge >= 0.3 is 6.18 Å². The first-order valence-corrected chi connectivity index (χ1v) is 9.81. The van der Waals surface area contributed by atoms with Crippen molar-refractivity contribution in [1.82, 2.24) is 14.6 Å². The maximum absolute atomic E-state index is 13.4. The van der Waals surface area contributed by atoms with E-state index in [2.05, 4.69) is 19.8 Å².